The first-order chi connectivity index (χ1) is 14.9. The number of hydrogen-bond donors (Lipinski definition) is 3. The van der Waals surface area contributed by atoms with Gasteiger partial charge in [0.2, 0.25) is 0 Å². The quantitative estimate of drug-likeness (QED) is 0.431. The molecule has 0 aliphatic rings. The molecule has 0 aliphatic heterocycles. The molecule has 8 nitrogen and oxygen atoms in total. The van der Waals surface area contributed by atoms with Gasteiger partial charge in [-0.25, -0.2) is 9.97 Å². The molecule has 0 fully saturated rings. The van der Waals surface area contributed by atoms with Gasteiger partial charge in [-0.05, 0) is 49.4 Å². The van der Waals surface area contributed by atoms with Gasteiger partial charge in [-0.1, -0.05) is 18.2 Å². The predicted octanol–water partition coefficient (Wildman–Crippen LogP) is 3.37. The van der Waals surface area contributed by atoms with Crippen molar-refractivity contribution in [2.45, 2.75) is 27.3 Å². The molecule has 0 unspecified atom stereocenters. The van der Waals surface area contributed by atoms with Crippen LogP contribution in [0.5, 0.6) is 0 Å². The first-order valence-corrected chi connectivity index (χ1v) is 9.83. The first kappa shape index (κ1) is 20.2. The molecule has 4 aromatic rings. The van der Waals surface area contributed by atoms with Crippen LogP contribution in [0.25, 0.3) is 16.5 Å². The highest BCUT2D eigenvalue weighted by Crippen LogP contribution is 2.22. The second kappa shape index (κ2) is 7.98. The Bertz CT molecular complexity index is 1370. The van der Waals surface area contributed by atoms with Gasteiger partial charge in [0, 0.05) is 17.6 Å². The molecule has 31 heavy (non-hydrogen) atoms. The largest absolute Gasteiger partial charge is 0.383 e. The summed E-state index contributed by atoms with van der Waals surface area (Å²) in [5, 5.41) is 12.8. The molecule has 3 aromatic heterocycles. The molecule has 8 heteroatoms. The number of nitrogen functional groups attached to an aromatic ring is 1. The van der Waals surface area contributed by atoms with E-state index in [1.54, 1.807) is 23.9 Å². The van der Waals surface area contributed by atoms with Crippen molar-refractivity contribution in [1.29, 1.82) is 5.41 Å². The third-order valence-electron chi connectivity index (χ3n) is 5.27. The Balaban J connectivity index is 1.90. The number of aryl methyl sites for hydroxylation is 2. The molecule has 4 N–H and O–H groups in total. The highest BCUT2D eigenvalue weighted by Gasteiger charge is 2.16. The summed E-state index contributed by atoms with van der Waals surface area (Å²) < 4.78 is 1.69. The summed E-state index contributed by atoms with van der Waals surface area (Å²) in [6.07, 6.45) is 4.75. The van der Waals surface area contributed by atoms with E-state index < -0.39 is 0 Å². The number of nitrogens with two attached hydrogens (primary N) is 1. The number of nitrogens with one attached hydrogen (secondary N) is 2. The number of pyridine rings is 2. The highest BCUT2D eigenvalue weighted by atomic mass is 16.1. The van der Waals surface area contributed by atoms with Crippen LogP contribution in [-0.2, 0) is 6.54 Å². The minimum absolute atomic E-state index is 0.103. The van der Waals surface area contributed by atoms with Gasteiger partial charge < -0.3 is 16.5 Å². The van der Waals surface area contributed by atoms with E-state index in [9.17, 15) is 4.79 Å². The molecule has 0 bridgehead atoms. The Morgan fingerprint density at radius 2 is 2.00 bits per heavy atom. The van der Waals surface area contributed by atoms with E-state index in [1.165, 1.54) is 6.33 Å². The average Bonchev–Trinajstić information content (AvgIpc) is 2.73. The average molecular weight is 413 g/mol. The Hall–Kier alpha value is -4.07. The Labute approximate surface area is 179 Å². The summed E-state index contributed by atoms with van der Waals surface area (Å²) in [6.45, 7) is 5.81. The lowest BCUT2D eigenvalue weighted by Crippen LogP contribution is -2.25. The zero-order valence-electron chi connectivity index (χ0n) is 17.6. The van der Waals surface area contributed by atoms with Gasteiger partial charge >= 0.3 is 0 Å². The molecule has 0 amide bonds. The van der Waals surface area contributed by atoms with Gasteiger partial charge in [0.25, 0.3) is 5.56 Å². The molecule has 1 aromatic carbocycles. The third-order valence-corrected chi connectivity index (χ3v) is 5.27. The lowest BCUT2D eigenvalue weighted by molar-refractivity contribution is 0.877. The monoisotopic (exact) mass is 413 g/mol. The van der Waals surface area contributed by atoms with Gasteiger partial charge in [-0.15, -0.1) is 0 Å². The fraction of sp³-hybridized carbons (Fsp3) is 0.174. The van der Waals surface area contributed by atoms with Crippen LogP contribution in [0.4, 0.5) is 11.6 Å². The van der Waals surface area contributed by atoms with E-state index in [0.717, 1.165) is 27.9 Å². The summed E-state index contributed by atoms with van der Waals surface area (Å²) in [4.78, 5) is 26.1. The molecule has 3 heterocycles. The Kier molecular flexibility index (Phi) is 5.21. The Morgan fingerprint density at radius 1 is 1.19 bits per heavy atom. The number of anilines is 2. The number of nitrogens with zero attached hydrogens (tertiary/aromatic N) is 4. The van der Waals surface area contributed by atoms with Crippen molar-refractivity contribution in [3.63, 3.8) is 0 Å². The van der Waals surface area contributed by atoms with E-state index >= 15 is 0 Å². The number of aromatic nitrogens is 4. The predicted molar refractivity (Wildman–Crippen MR) is 123 cm³/mol. The smallest absolute Gasteiger partial charge is 0.263 e. The van der Waals surface area contributed by atoms with Crippen LogP contribution >= 0.6 is 0 Å². The summed E-state index contributed by atoms with van der Waals surface area (Å²) >= 11 is 0. The van der Waals surface area contributed by atoms with Gasteiger partial charge in [-0.2, -0.15) is 0 Å². The van der Waals surface area contributed by atoms with E-state index in [2.05, 4.69) is 20.3 Å². The molecule has 0 spiro atoms. The van der Waals surface area contributed by atoms with Crippen molar-refractivity contribution < 1.29 is 0 Å². The molecule has 0 atom stereocenters. The fourth-order valence-corrected chi connectivity index (χ4v) is 3.75. The van der Waals surface area contributed by atoms with Crippen LogP contribution < -0.4 is 16.6 Å². The maximum Gasteiger partial charge on any atom is 0.263 e. The van der Waals surface area contributed by atoms with Crippen molar-refractivity contribution in [3.05, 3.63) is 81.8 Å². The fourth-order valence-electron chi connectivity index (χ4n) is 3.75. The zero-order chi connectivity index (χ0) is 22.1. The molecule has 0 aliphatic carbocycles. The lowest BCUT2D eigenvalue weighted by atomic mass is 10.1. The minimum Gasteiger partial charge on any atom is -0.383 e. The van der Waals surface area contributed by atoms with Crippen molar-refractivity contribution in [3.8, 4) is 5.69 Å². The number of hydrogen-bond acceptors (Lipinski definition) is 7. The van der Waals surface area contributed by atoms with E-state index in [-0.39, 0.29) is 17.1 Å². The normalized spacial score (nSPS) is 10.9. The van der Waals surface area contributed by atoms with Gasteiger partial charge in [-0.3, -0.25) is 14.3 Å². The standard InChI is InChI=1S/C23H23N7O/c1-13-7-8-26-11-18(13)30-17(9-16-6-4-5-14(2)19(16)23(30)31)10-27-22-20(15(3)24)21(25)28-12-29-22/h4-9,11-12,24H,10H2,1-3H3,(H3,25,27,28,29). The van der Waals surface area contributed by atoms with Crippen molar-refractivity contribution in [2.24, 2.45) is 0 Å². The Morgan fingerprint density at radius 3 is 2.74 bits per heavy atom. The number of benzene rings is 1. The van der Waals surface area contributed by atoms with Crippen LogP contribution in [-0.4, -0.2) is 25.2 Å². The zero-order valence-corrected chi connectivity index (χ0v) is 17.6. The highest BCUT2D eigenvalue weighted by molar-refractivity contribution is 6.04. The molecule has 0 saturated heterocycles. The second-order valence-electron chi connectivity index (χ2n) is 7.44. The summed E-state index contributed by atoms with van der Waals surface area (Å²) in [7, 11) is 0. The van der Waals surface area contributed by atoms with Gasteiger partial charge in [0.15, 0.2) is 0 Å². The SMILES string of the molecule is CC(=N)c1c(N)ncnc1NCc1cc2cccc(C)c2c(=O)n1-c1cnccc1C. The summed E-state index contributed by atoms with van der Waals surface area (Å²) in [6, 6.07) is 9.68. The maximum atomic E-state index is 13.6. The van der Waals surface area contributed by atoms with Crippen LogP contribution in [0.2, 0.25) is 0 Å². The van der Waals surface area contributed by atoms with Crippen LogP contribution in [0.1, 0.15) is 29.3 Å². The van der Waals surface area contributed by atoms with E-state index in [0.29, 0.717) is 23.3 Å². The molecule has 0 saturated carbocycles. The first-order valence-electron chi connectivity index (χ1n) is 9.83. The van der Waals surface area contributed by atoms with E-state index in [4.69, 9.17) is 11.1 Å². The molecule has 156 valence electrons. The summed E-state index contributed by atoms with van der Waals surface area (Å²) in [5.41, 5.74) is 9.88. The third kappa shape index (κ3) is 3.63. The van der Waals surface area contributed by atoms with Crippen molar-refractivity contribution in [1.82, 2.24) is 19.5 Å². The lowest BCUT2D eigenvalue weighted by Gasteiger charge is -2.18. The molecular weight excluding hydrogens is 390 g/mol. The maximum absolute atomic E-state index is 13.6. The van der Waals surface area contributed by atoms with E-state index in [1.807, 2.05) is 44.2 Å². The number of rotatable bonds is 5. The van der Waals surface area contributed by atoms with Crippen molar-refractivity contribution >= 4 is 28.1 Å². The van der Waals surface area contributed by atoms with Gasteiger partial charge in [0.1, 0.15) is 18.0 Å². The van der Waals surface area contributed by atoms with Crippen LogP contribution in [0, 0.1) is 19.3 Å². The minimum atomic E-state index is -0.103. The van der Waals surface area contributed by atoms with Crippen molar-refractivity contribution in [2.75, 3.05) is 11.1 Å². The number of fused-ring (bicyclic) bond motifs is 1. The molecule has 4 rings (SSSR count). The molecular formula is C23H23N7O. The summed E-state index contributed by atoms with van der Waals surface area (Å²) in [5.74, 6) is 0.686. The van der Waals surface area contributed by atoms with Gasteiger partial charge in [0.05, 0.1) is 29.4 Å². The topological polar surface area (TPSA) is 123 Å². The molecule has 0 radical (unpaired) electrons. The van der Waals surface area contributed by atoms with Crippen LogP contribution in [0.15, 0.2) is 53.8 Å². The second-order valence-corrected chi connectivity index (χ2v) is 7.44. The van der Waals surface area contributed by atoms with Crippen LogP contribution in [0.3, 0.4) is 0 Å².